The number of alkyl halides is 3. The Morgan fingerprint density at radius 1 is 1.27 bits per heavy atom. The molecule has 2 N–H and O–H groups in total. The van der Waals surface area contributed by atoms with Crippen molar-refractivity contribution in [2.45, 2.75) is 12.5 Å². The van der Waals surface area contributed by atoms with Crippen LogP contribution in [-0.4, -0.2) is 42.7 Å². The third kappa shape index (κ3) is 2.80. The number of aliphatic hydroxyl groups is 1. The van der Waals surface area contributed by atoms with Gasteiger partial charge in [0.2, 0.25) is 6.29 Å². The van der Waals surface area contributed by atoms with E-state index in [0.717, 1.165) is 6.08 Å². The molecule has 0 spiro atoms. The Hall–Kier alpha value is -2.42. The Morgan fingerprint density at radius 2 is 1.95 bits per heavy atom. The second-order valence-corrected chi connectivity index (χ2v) is 4.26. The molecule has 1 heterocycles. The van der Waals surface area contributed by atoms with Crippen molar-refractivity contribution < 1.29 is 37.7 Å². The molecule has 1 aliphatic rings. The molecule has 0 saturated heterocycles. The summed E-state index contributed by atoms with van der Waals surface area (Å²) in [5.41, 5.74) is -2.22. The Labute approximate surface area is 123 Å². The molecule has 22 heavy (non-hydrogen) atoms. The van der Waals surface area contributed by atoms with E-state index in [1.807, 2.05) is 0 Å². The molecule has 1 atom stereocenters. The molecule has 6 nitrogen and oxygen atoms in total. The second kappa shape index (κ2) is 5.76. The maximum Gasteiger partial charge on any atom is 0.437 e. The van der Waals surface area contributed by atoms with Crippen LogP contribution < -0.4 is 14.2 Å². The Kier molecular flexibility index (Phi) is 4.18. The minimum atomic E-state index is -4.96. The molecule has 0 radical (unpaired) electrons. The molecule has 0 aliphatic carbocycles. The minimum Gasteiger partial charge on any atom is -0.496 e. The zero-order valence-electron chi connectivity index (χ0n) is 11.5. The van der Waals surface area contributed by atoms with E-state index in [0.29, 0.717) is 5.75 Å². The topological polar surface area (TPSA) is 80.5 Å². The summed E-state index contributed by atoms with van der Waals surface area (Å²) in [5, 5.41) is 20.6. The predicted molar refractivity (Wildman–Crippen MR) is 69.4 cm³/mol. The van der Waals surface area contributed by atoms with Crippen LogP contribution in [0.5, 0.6) is 17.2 Å². The number of fused-ring (bicyclic) bond motifs is 1. The van der Waals surface area contributed by atoms with E-state index >= 15 is 0 Å². The van der Waals surface area contributed by atoms with E-state index in [1.54, 1.807) is 0 Å². The molecular weight excluding hydrogens is 307 g/mol. The van der Waals surface area contributed by atoms with Crippen LogP contribution in [0.1, 0.15) is 5.56 Å². The molecule has 120 valence electrons. The molecule has 0 amide bonds. The largest absolute Gasteiger partial charge is 0.496 e. The molecule has 0 saturated carbocycles. The van der Waals surface area contributed by atoms with E-state index in [9.17, 15) is 18.3 Å². The molecule has 1 unspecified atom stereocenters. The van der Waals surface area contributed by atoms with Crippen molar-refractivity contribution in [3.8, 4) is 17.2 Å². The van der Waals surface area contributed by atoms with Crippen molar-refractivity contribution in [1.82, 2.24) is 0 Å². The Morgan fingerprint density at radius 3 is 2.45 bits per heavy atom. The molecule has 0 aromatic heterocycles. The fourth-order valence-corrected chi connectivity index (χ4v) is 1.98. The second-order valence-electron chi connectivity index (χ2n) is 4.26. The van der Waals surface area contributed by atoms with E-state index in [2.05, 4.69) is 5.16 Å². The van der Waals surface area contributed by atoms with Gasteiger partial charge in [-0.15, -0.1) is 0 Å². The molecule has 1 aromatic rings. The Balaban J connectivity index is 2.60. The number of benzene rings is 1. The third-order valence-corrected chi connectivity index (χ3v) is 2.98. The number of hydrogen-bond donors (Lipinski definition) is 2. The van der Waals surface area contributed by atoms with E-state index < -0.39 is 23.8 Å². The first kappa shape index (κ1) is 16.0. The lowest BCUT2D eigenvalue weighted by Gasteiger charge is -2.25. The van der Waals surface area contributed by atoms with Crippen molar-refractivity contribution in [2.75, 3.05) is 14.2 Å². The van der Waals surface area contributed by atoms with Crippen molar-refractivity contribution >= 4 is 11.8 Å². The summed E-state index contributed by atoms with van der Waals surface area (Å²) in [6.45, 7) is 0. The highest BCUT2D eigenvalue weighted by Crippen LogP contribution is 2.40. The first-order valence-electron chi connectivity index (χ1n) is 5.93. The van der Waals surface area contributed by atoms with Gasteiger partial charge in [0, 0.05) is 12.1 Å². The molecule has 0 bridgehead atoms. The highest BCUT2D eigenvalue weighted by atomic mass is 19.4. The normalized spacial score (nSPS) is 18.2. The fraction of sp³-hybridized carbons (Fsp3) is 0.308. The van der Waals surface area contributed by atoms with Crippen molar-refractivity contribution in [1.29, 1.82) is 0 Å². The van der Waals surface area contributed by atoms with Crippen molar-refractivity contribution in [2.24, 2.45) is 5.16 Å². The van der Waals surface area contributed by atoms with Gasteiger partial charge in [0.05, 0.1) is 25.4 Å². The van der Waals surface area contributed by atoms with E-state index in [-0.39, 0.29) is 17.1 Å². The van der Waals surface area contributed by atoms with Crippen LogP contribution in [0.3, 0.4) is 0 Å². The maximum atomic E-state index is 12.8. The zero-order chi connectivity index (χ0) is 16.5. The summed E-state index contributed by atoms with van der Waals surface area (Å²) in [6.07, 6.45) is -5.91. The van der Waals surface area contributed by atoms with Gasteiger partial charge in [0.15, 0.2) is 5.71 Å². The third-order valence-electron chi connectivity index (χ3n) is 2.98. The number of hydrogen-bond acceptors (Lipinski definition) is 6. The lowest BCUT2D eigenvalue weighted by atomic mass is 10.0. The molecule has 1 aromatic carbocycles. The number of oxime groups is 1. The fourth-order valence-electron chi connectivity index (χ4n) is 1.98. The number of aliphatic hydroxyl groups excluding tert-OH is 1. The van der Waals surface area contributed by atoms with Gasteiger partial charge in [0.25, 0.3) is 0 Å². The minimum absolute atomic E-state index is 0.0758. The smallest absolute Gasteiger partial charge is 0.437 e. The molecule has 2 rings (SSSR count). The summed E-state index contributed by atoms with van der Waals surface area (Å²) in [6, 6.07) is 2.83. The average Bonchev–Trinajstić information content (AvgIpc) is 2.45. The first-order chi connectivity index (χ1) is 10.3. The predicted octanol–water partition coefficient (Wildman–Crippen LogP) is 2.19. The summed E-state index contributed by atoms with van der Waals surface area (Å²) in [4.78, 5) is 0. The molecule has 9 heteroatoms. The van der Waals surface area contributed by atoms with Crippen LogP contribution in [0.25, 0.3) is 6.08 Å². The van der Waals surface area contributed by atoms with Gasteiger partial charge in [-0.1, -0.05) is 5.16 Å². The van der Waals surface area contributed by atoms with Gasteiger partial charge >= 0.3 is 6.18 Å². The van der Waals surface area contributed by atoms with Crippen LogP contribution in [0.2, 0.25) is 0 Å². The van der Waals surface area contributed by atoms with Crippen LogP contribution in [-0.2, 0) is 0 Å². The summed E-state index contributed by atoms with van der Waals surface area (Å²) < 4.78 is 53.5. The monoisotopic (exact) mass is 319 g/mol. The highest BCUT2D eigenvalue weighted by Gasteiger charge is 2.43. The van der Waals surface area contributed by atoms with E-state index in [4.69, 9.17) is 19.4 Å². The van der Waals surface area contributed by atoms with Gasteiger partial charge in [-0.25, -0.2) is 0 Å². The lowest BCUT2D eigenvalue weighted by molar-refractivity contribution is -0.0642. The summed E-state index contributed by atoms with van der Waals surface area (Å²) in [7, 11) is 2.71. The SMILES string of the molecule is COc1cc(OC)c2c(c1)OC(O)C(/C(=N\O)C(F)(F)F)=C2. The highest BCUT2D eigenvalue weighted by molar-refractivity contribution is 6.08. The van der Waals surface area contributed by atoms with Gasteiger partial charge in [-0.2, -0.15) is 13.2 Å². The van der Waals surface area contributed by atoms with Crippen molar-refractivity contribution in [3.05, 3.63) is 23.3 Å². The summed E-state index contributed by atoms with van der Waals surface area (Å²) >= 11 is 0. The number of ether oxygens (including phenoxy) is 3. The van der Waals surface area contributed by atoms with Gasteiger partial charge in [-0.05, 0) is 6.08 Å². The van der Waals surface area contributed by atoms with Gasteiger partial charge in [-0.3, -0.25) is 0 Å². The quantitative estimate of drug-likeness (QED) is 0.507. The standard InChI is InChI=1S/C13H12F3NO5/c1-20-6-3-9(21-2)7-5-8(11(17-19)13(14,15)16)12(18)22-10(7)4-6/h3-5,12,18-19H,1-2H3/b17-11+. The van der Waals surface area contributed by atoms with Crippen LogP contribution in [0.4, 0.5) is 13.2 Å². The van der Waals surface area contributed by atoms with Gasteiger partial charge in [0.1, 0.15) is 17.2 Å². The summed E-state index contributed by atoms with van der Waals surface area (Å²) in [5.74, 6) is 0.594. The van der Waals surface area contributed by atoms with E-state index in [1.165, 1.54) is 26.4 Å². The zero-order valence-corrected chi connectivity index (χ0v) is 11.5. The molecular formula is C13H12F3NO5. The molecule has 1 aliphatic heterocycles. The number of rotatable bonds is 3. The first-order valence-corrected chi connectivity index (χ1v) is 5.93. The van der Waals surface area contributed by atoms with Gasteiger partial charge < -0.3 is 24.5 Å². The number of nitrogens with zero attached hydrogens (tertiary/aromatic N) is 1. The number of methoxy groups -OCH3 is 2. The van der Waals surface area contributed by atoms with Crippen LogP contribution >= 0.6 is 0 Å². The van der Waals surface area contributed by atoms with Crippen LogP contribution in [0, 0.1) is 0 Å². The average molecular weight is 319 g/mol. The number of halogens is 3. The lowest BCUT2D eigenvalue weighted by Crippen LogP contribution is -2.34. The molecule has 0 fully saturated rings. The maximum absolute atomic E-state index is 12.8. The Bertz CT molecular complexity index is 639. The van der Waals surface area contributed by atoms with Crippen molar-refractivity contribution in [3.63, 3.8) is 0 Å². The van der Waals surface area contributed by atoms with Crippen LogP contribution in [0.15, 0.2) is 22.9 Å².